The van der Waals surface area contributed by atoms with E-state index >= 15 is 0 Å². The van der Waals surface area contributed by atoms with Gasteiger partial charge in [0.05, 0.1) is 24.4 Å². The molecule has 1 aromatic carbocycles. The van der Waals surface area contributed by atoms with Gasteiger partial charge in [-0.25, -0.2) is 9.97 Å². The summed E-state index contributed by atoms with van der Waals surface area (Å²) in [7, 11) is 4.03. The fourth-order valence-corrected chi connectivity index (χ4v) is 4.04. The van der Waals surface area contributed by atoms with Crippen LogP contribution in [0.25, 0.3) is 22.3 Å². The van der Waals surface area contributed by atoms with Crippen LogP contribution in [0, 0.1) is 5.92 Å². The highest BCUT2D eigenvalue weighted by atomic mass is 32.1. The predicted molar refractivity (Wildman–Crippen MR) is 137 cm³/mol. The molecule has 9 heteroatoms. The van der Waals surface area contributed by atoms with Gasteiger partial charge in [-0.2, -0.15) is 13.5 Å². The number of benzene rings is 1. The summed E-state index contributed by atoms with van der Waals surface area (Å²) < 4.78 is 12.0. The summed E-state index contributed by atoms with van der Waals surface area (Å²) in [5, 5.41) is 0. The average molecular weight is 482 g/mol. The Labute approximate surface area is 206 Å². The first-order valence-corrected chi connectivity index (χ1v) is 11.5. The minimum absolute atomic E-state index is 0. The molecule has 3 aromatic rings. The molecule has 0 unspecified atom stereocenters. The van der Waals surface area contributed by atoms with Gasteiger partial charge in [-0.3, -0.25) is 9.78 Å². The zero-order valence-corrected chi connectivity index (χ0v) is 20.6. The number of aromatic nitrogens is 3. The van der Waals surface area contributed by atoms with E-state index in [9.17, 15) is 4.79 Å². The average Bonchev–Trinajstić information content (AvgIpc) is 3.66. The maximum absolute atomic E-state index is 12.5. The lowest BCUT2D eigenvalue weighted by Gasteiger charge is -2.33. The van der Waals surface area contributed by atoms with Crippen molar-refractivity contribution in [3.63, 3.8) is 0 Å². The molecule has 0 spiro atoms. The van der Waals surface area contributed by atoms with E-state index in [0.29, 0.717) is 50.0 Å². The Morgan fingerprint density at radius 1 is 1.18 bits per heavy atom. The van der Waals surface area contributed by atoms with Crippen molar-refractivity contribution in [3.8, 4) is 17.1 Å². The van der Waals surface area contributed by atoms with Gasteiger partial charge >= 0.3 is 0 Å². The number of nitrogens with zero attached hydrogens (tertiary/aromatic N) is 5. The lowest BCUT2D eigenvalue weighted by molar-refractivity contribution is -0.140. The van der Waals surface area contributed by atoms with Gasteiger partial charge < -0.3 is 19.3 Å². The standard InChI is InChI=1S/C25H29N5O3.H2S/c1-29(2)19-7-5-18(6-8-19)21-14-22-24(27-10-9-26-22)25(28-21)33-16-20-15-30(11-12-32-20)23(31)13-17-3-4-17;/h5-10,14,17,20H,3-4,11-13,15-16H2,1-2H3;1H2/t20-;/m0./s1. The molecular weight excluding hydrogens is 450 g/mol. The molecule has 0 bridgehead atoms. The lowest BCUT2D eigenvalue weighted by atomic mass is 10.1. The van der Waals surface area contributed by atoms with Gasteiger partial charge in [-0.15, -0.1) is 0 Å². The van der Waals surface area contributed by atoms with Crippen molar-refractivity contribution in [2.24, 2.45) is 5.92 Å². The van der Waals surface area contributed by atoms with E-state index in [1.807, 2.05) is 37.2 Å². The zero-order chi connectivity index (χ0) is 22.8. The van der Waals surface area contributed by atoms with Crippen molar-refractivity contribution in [3.05, 3.63) is 42.7 Å². The molecule has 5 rings (SSSR count). The number of morpholine rings is 1. The maximum atomic E-state index is 12.5. The monoisotopic (exact) mass is 481 g/mol. The second-order valence-corrected chi connectivity index (χ2v) is 8.97. The summed E-state index contributed by atoms with van der Waals surface area (Å²) in [6, 6.07) is 10.1. The summed E-state index contributed by atoms with van der Waals surface area (Å²) in [6.45, 7) is 2.01. The Bertz CT molecular complexity index is 1140. The minimum Gasteiger partial charge on any atom is -0.473 e. The fourth-order valence-electron chi connectivity index (χ4n) is 4.04. The minimum atomic E-state index is -0.196. The van der Waals surface area contributed by atoms with Crippen molar-refractivity contribution in [1.82, 2.24) is 19.9 Å². The van der Waals surface area contributed by atoms with E-state index in [1.54, 1.807) is 12.4 Å². The highest BCUT2D eigenvalue weighted by Crippen LogP contribution is 2.33. The first-order valence-electron chi connectivity index (χ1n) is 11.5. The van der Waals surface area contributed by atoms with Crippen molar-refractivity contribution >= 4 is 36.1 Å². The molecule has 1 amide bonds. The van der Waals surface area contributed by atoms with Gasteiger partial charge in [0.25, 0.3) is 0 Å². The van der Waals surface area contributed by atoms with Gasteiger partial charge in [0, 0.05) is 50.7 Å². The molecule has 3 heterocycles. The highest BCUT2D eigenvalue weighted by molar-refractivity contribution is 7.59. The second kappa shape index (κ2) is 10.6. The van der Waals surface area contributed by atoms with Crippen LogP contribution in [-0.2, 0) is 9.53 Å². The first kappa shape index (κ1) is 24.2. The molecule has 0 N–H and O–H groups in total. The van der Waals surface area contributed by atoms with Crippen LogP contribution >= 0.6 is 13.5 Å². The highest BCUT2D eigenvalue weighted by Gasteiger charge is 2.30. The molecule has 34 heavy (non-hydrogen) atoms. The molecule has 8 nitrogen and oxygen atoms in total. The van der Waals surface area contributed by atoms with Crippen molar-refractivity contribution < 1.29 is 14.3 Å². The third-order valence-electron chi connectivity index (χ3n) is 6.16. The number of rotatable bonds is 7. The molecule has 1 aliphatic heterocycles. The summed E-state index contributed by atoms with van der Waals surface area (Å²) in [6.07, 6.45) is 6.12. The largest absolute Gasteiger partial charge is 0.473 e. The molecule has 1 aliphatic carbocycles. The number of fused-ring (bicyclic) bond motifs is 1. The van der Waals surface area contributed by atoms with Crippen LogP contribution in [0.3, 0.4) is 0 Å². The second-order valence-electron chi connectivity index (χ2n) is 8.97. The zero-order valence-electron chi connectivity index (χ0n) is 19.6. The SMILES string of the molecule is CN(C)c1ccc(-c2cc3nccnc3c(OC[C@@H]3CN(C(=O)CC4CC4)CCO3)n2)cc1.S. The summed E-state index contributed by atoms with van der Waals surface area (Å²) in [5.74, 6) is 1.24. The number of hydrogen-bond acceptors (Lipinski definition) is 7. The number of ether oxygens (including phenoxy) is 2. The van der Waals surface area contributed by atoms with Crippen LogP contribution < -0.4 is 9.64 Å². The fraction of sp³-hybridized carbons (Fsp3) is 0.440. The number of carbonyl (C=O) groups is 1. The first-order chi connectivity index (χ1) is 16.1. The van der Waals surface area contributed by atoms with Crippen molar-refractivity contribution in [1.29, 1.82) is 0 Å². The van der Waals surface area contributed by atoms with E-state index in [0.717, 1.165) is 22.5 Å². The third kappa shape index (κ3) is 5.59. The van der Waals surface area contributed by atoms with Crippen LogP contribution in [0.1, 0.15) is 19.3 Å². The van der Waals surface area contributed by atoms with Crippen LogP contribution in [0.2, 0.25) is 0 Å². The van der Waals surface area contributed by atoms with Crippen molar-refractivity contribution in [2.75, 3.05) is 45.3 Å². The van der Waals surface area contributed by atoms with Crippen LogP contribution in [-0.4, -0.2) is 72.3 Å². The third-order valence-corrected chi connectivity index (χ3v) is 6.16. The number of pyridine rings is 1. The molecule has 2 aromatic heterocycles. The Morgan fingerprint density at radius 3 is 2.68 bits per heavy atom. The molecule has 2 aliphatic rings. The molecule has 1 atom stereocenters. The summed E-state index contributed by atoms with van der Waals surface area (Å²) >= 11 is 0. The number of amides is 1. The smallest absolute Gasteiger partial charge is 0.242 e. The maximum Gasteiger partial charge on any atom is 0.242 e. The van der Waals surface area contributed by atoms with Gasteiger partial charge in [0.1, 0.15) is 12.7 Å². The summed E-state index contributed by atoms with van der Waals surface area (Å²) in [5.41, 5.74) is 4.20. The van der Waals surface area contributed by atoms with Crippen LogP contribution in [0.15, 0.2) is 42.7 Å². The van der Waals surface area contributed by atoms with Gasteiger partial charge in [-0.1, -0.05) is 12.1 Å². The van der Waals surface area contributed by atoms with Gasteiger partial charge in [-0.05, 0) is 37.0 Å². The normalized spacial score (nSPS) is 17.8. The predicted octanol–water partition coefficient (Wildman–Crippen LogP) is 3.28. The van der Waals surface area contributed by atoms with Crippen LogP contribution in [0.5, 0.6) is 5.88 Å². The molecule has 180 valence electrons. The Morgan fingerprint density at radius 2 is 1.94 bits per heavy atom. The van der Waals surface area contributed by atoms with E-state index in [4.69, 9.17) is 14.5 Å². The van der Waals surface area contributed by atoms with Crippen LogP contribution in [0.4, 0.5) is 5.69 Å². The van der Waals surface area contributed by atoms with Gasteiger partial charge in [0.2, 0.25) is 11.8 Å². The molecule has 1 saturated carbocycles. The lowest BCUT2D eigenvalue weighted by Crippen LogP contribution is -2.47. The van der Waals surface area contributed by atoms with Gasteiger partial charge in [0.15, 0.2) is 5.52 Å². The van der Waals surface area contributed by atoms with E-state index < -0.39 is 0 Å². The number of hydrogen-bond donors (Lipinski definition) is 0. The number of anilines is 1. The molecule has 0 radical (unpaired) electrons. The molecular formula is C25H31N5O3S. The summed E-state index contributed by atoms with van der Waals surface area (Å²) in [4.78, 5) is 30.1. The topological polar surface area (TPSA) is 80.7 Å². The van der Waals surface area contributed by atoms with E-state index in [1.165, 1.54) is 12.8 Å². The van der Waals surface area contributed by atoms with Crippen molar-refractivity contribution in [2.45, 2.75) is 25.4 Å². The quantitative estimate of drug-likeness (QED) is 0.512. The molecule has 2 fully saturated rings. The number of carbonyl (C=O) groups excluding carboxylic acids is 1. The van der Waals surface area contributed by atoms with E-state index in [2.05, 4.69) is 27.0 Å². The molecule has 1 saturated heterocycles. The van der Waals surface area contributed by atoms with E-state index in [-0.39, 0.29) is 25.5 Å². The Hall–Kier alpha value is -2.91. The Kier molecular flexibility index (Phi) is 7.53. The Balaban J connectivity index is 0.00000274.